The van der Waals surface area contributed by atoms with Gasteiger partial charge < -0.3 is 9.88 Å². The molecule has 1 N–H and O–H groups in total. The number of nitrogens with zero attached hydrogens (tertiary/aromatic N) is 2. The van der Waals surface area contributed by atoms with Crippen LogP contribution < -0.4 is 10.7 Å². The molecule has 2 atom stereocenters. The Labute approximate surface area is 200 Å². The maximum absolute atomic E-state index is 13.4. The summed E-state index contributed by atoms with van der Waals surface area (Å²) >= 11 is 0. The zero-order valence-corrected chi connectivity index (χ0v) is 20.6. The van der Waals surface area contributed by atoms with Gasteiger partial charge in [-0.15, -0.1) is 0 Å². The molecule has 8 heteroatoms. The van der Waals surface area contributed by atoms with Gasteiger partial charge in [0.05, 0.1) is 10.4 Å². The van der Waals surface area contributed by atoms with Crippen LogP contribution in [0.3, 0.4) is 0 Å². The minimum atomic E-state index is -3.75. The van der Waals surface area contributed by atoms with Crippen LogP contribution in [0.25, 0.3) is 10.9 Å². The van der Waals surface area contributed by atoms with Crippen molar-refractivity contribution < 1.29 is 13.2 Å². The zero-order chi connectivity index (χ0) is 24.5. The van der Waals surface area contributed by atoms with Gasteiger partial charge in [-0.3, -0.25) is 9.59 Å². The molecule has 0 saturated carbocycles. The van der Waals surface area contributed by atoms with E-state index < -0.39 is 21.4 Å². The quantitative estimate of drug-likeness (QED) is 0.583. The van der Waals surface area contributed by atoms with Crippen LogP contribution in [0.2, 0.25) is 0 Å². The van der Waals surface area contributed by atoms with Crippen molar-refractivity contribution in [1.82, 2.24) is 14.2 Å². The maximum Gasteiger partial charge on any atom is 0.257 e. The van der Waals surface area contributed by atoms with Crippen molar-refractivity contribution in [1.29, 1.82) is 0 Å². The third-order valence-electron chi connectivity index (χ3n) is 6.41. The SMILES string of the molecule is CCn1cc(C(=O)NCc2ccccc2)c(=O)c2cc(S(=O)(=O)N3C[C@H](C)C[C@H](C)C3)ccc21. The van der Waals surface area contributed by atoms with E-state index in [2.05, 4.69) is 19.2 Å². The number of rotatable bonds is 6. The number of carbonyl (C=O) groups is 1. The number of nitrogens with one attached hydrogen (secondary N) is 1. The van der Waals surface area contributed by atoms with Gasteiger partial charge in [0.2, 0.25) is 15.5 Å². The number of benzene rings is 2. The molecule has 1 fully saturated rings. The average Bonchev–Trinajstić information content (AvgIpc) is 2.82. The summed E-state index contributed by atoms with van der Waals surface area (Å²) in [6, 6.07) is 14.1. The molecule has 0 spiro atoms. The fourth-order valence-electron chi connectivity index (χ4n) is 4.78. The van der Waals surface area contributed by atoms with E-state index in [9.17, 15) is 18.0 Å². The second-order valence-corrected chi connectivity index (χ2v) is 11.2. The molecule has 0 bridgehead atoms. The summed E-state index contributed by atoms with van der Waals surface area (Å²) in [4.78, 5) is 26.3. The van der Waals surface area contributed by atoms with E-state index in [1.165, 1.54) is 10.4 Å². The molecule has 1 aromatic heterocycles. The largest absolute Gasteiger partial charge is 0.348 e. The van der Waals surface area contributed by atoms with E-state index in [1.807, 2.05) is 37.3 Å². The van der Waals surface area contributed by atoms with E-state index in [0.29, 0.717) is 31.7 Å². The number of amides is 1. The predicted molar refractivity (Wildman–Crippen MR) is 133 cm³/mol. The zero-order valence-electron chi connectivity index (χ0n) is 19.8. The van der Waals surface area contributed by atoms with E-state index in [1.54, 1.807) is 22.9 Å². The fraction of sp³-hybridized carbons (Fsp3) is 0.385. The molecule has 1 aliphatic heterocycles. The maximum atomic E-state index is 13.4. The van der Waals surface area contributed by atoms with Gasteiger partial charge in [-0.25, -0.2) is 8.42 Å². The first-order valence-electron chi connectivity index (χ1n) is 11.7. The van der Waals surface area contributed by atoms with Gasteiger partial charge in [-0.1, -0.05) is 44.2 Å². The Hall–Kier alpha value is -2.97. The third-order valence-corrected chi connectivity index (χ3v) is 8.23. The molecule has 1 amide bonds. The van der Waals surface area contributed by atoms with Gasteiger partial charge >= 0.3 is 0 Å². The van der Waals surface area contributed by atoms with Crippen LogP contribution in [0.1, 0.15) is 43.1 Å². The molecule has 3 aromatic rings. The van der Waals surface area contributed by atoms with Gasteiger partial charge in [-0.2, -0.15) is 4.31 Å². The number of piperidine rings is 1. The lowest BCUT2D eigenvalue weighted by molar-refractivity contribution is 0.0949. The Morgan fingerprint density at radius 3 is 2.38 bits per heavy atom. The van der Waals surface area contributed by atoms with Gasteiger partial charge in [0.15, 0.2) is 0 Å². The summed E-state index contributed by atoms with van der Waals surface area (Å²) in [5.41, 5.74) is 1.06. The van der Waals surface area contributed by atoms with E-state index in [0.717, 1.165) is 12.0 Å². The van der Waals surface area contributed by atoms with Crippen molar-refractivity contribution in [3.8, 4) is 0 Å². The minimum Gasteiger partial charge on any atom is -0.348 e. The van der Waals surface area contributed by atoms with Crippen molar-refractivity contribution in [2.75, 3.05) is 13.1 Å². The Morgan fingerprint density at radius 2 is 1.74 bits per heavy atom. The monoisotopic (exact) mass is 481 g/mol. The Kier molecular flexibility index (Phi) is 6.91. The molecular formula is C26H31N3O4S. The molecule has 1 aliphatic rings. The van der Waals surface area contributed by atoms with Crippen molar-refractivity contribution in [2.45, 2.75) is 45.2 Å². The molecule has 0 aliphatic carbocycles. The number of fused-ring (bicyclic) bond motifs is 1. The smallest absolute Gasteiger partial charge is 0.257 e. The molecule has 7 nitrogen and oxygen atoms in total. The van der Waals surface area contributed by atoms with Crippen molar-refractivity contribution in [3.05, 3.63) is 76.1 Å². The first-order chi connectivity index (χ1) is 16.2. The highest BCUT2D eigenvalue weighted by atomic mass is 32.2. The van der Waals surface area contributed by atoms with Gasteiger partial charge in [-0.05, 0) is 48.9 Å². The number of pyridine rings is 1. The van der Waals surface area contributed by atoms with Crippen LogP contribution in [0.15, 0.2) is 64.4 Å². The van der Waals surface area contributed by atoms with E-state index in [-0.39, 0.29) is 27.7 Å². The Balaban J connectivity index is 1.72. The molecule has 0 unspecified atom stereocenters. The van der Waals surface area contributed by atoms with Crippen LogP contribution in [0, 0.1) is 11.8 Å². The first-order valence-corrected chi connectivity index (χ1v) is 13.1. The van der Waals surface area contributed by atoms with Crippen LogP contribution >= 0.6 is 0 Å². The number of aromatic nitrogens is 1. The second-order valence-electron chi connectivity index (χ2n) is 9.27. The van der Waals surface area contributed by atoms with Gasteiger partial charge in [0, 0.05) is 37.8 Å². The third kappa shape index (κ3) is 4.79. The molecule has 34 heavy (non-hydrogen) atoms. The summed E-state index contributed by atoms with van der Waals surface area (Å²) in [7, 11) is -3.75. The van der Waals surface area contributed by atoms with E-state index in [4.69, 9.17) is 0 Å². The van der Waals surface area contributed by atoms with Gasteiger partial charge in [0.25, 0.3) is 5.91 Å². The number of sulfonamides is 1. The highest BCUT2D eigenvalue weighted by molar-refractivity contribution is 7.89. The lowest BCUT2D eigenvalue weighted by Crippen LogP contribution is -2.42. The predicted octanol–water partition coefficient (Wildman–Crippen LogP) is 3.62. The highest BCUT2D eigenvalue weighted by Gasteiger charge is 2.32. The summed E-state index contributed by atoms with van der Waals surface area (Å²) < 4.78 is 30.1. The Morgan fingerprint density at radius 1 is 1.06 bits per heavy atom. The van der Waals surface area contributed by atoms with Crippen LogP contribution in [-0.4, -0.2) is 36.3 Å². The molecule has 1 saturated heterocycles. The standard InChI is InChI=1S/C26H31N3O4S/c1-4-28-17-23(26(31)27-14-20-8-6-5-7-9-20)25(30)22-13-21(10-11-24(22)28)34(32,33)29-15-18(2)12-19(3)16-29/h5-11,13,17-19H,4,12,14-16H2,1-3H3,(H,27,31)/t18-,19+. The second kappa shape index (κ2) is 9.72. The molecule has 4 rings (SSSR count). The highest BCUT2D eigenvalue weighted by Crippen LogP contribution is 2.28. The van der Waals surface area contributed by atoms with Crippen molar-refractivity contribution in [3.63, 3.8) is 0 Å². The summed E-state index contributed by atoms with van der Waals surface area (Å²) in [6.45, 7) is 7.78. The van der Waals surface area contributed by atoms with Crippen LogP contribution in [-0.2, 0) is 23.1 Å². The lowest BCUT2D eigenvalue weighted by atomic mass is 9.94. The molecule has 180 valence electrons. The molecule has 2 aromatic carbocycles. The first kappa shape index (κ1) is 24.2. The number of aryl methyl sites for hydroxylation is 1. The van der Waals surface area contributed by atoms with Gasteiger partial charge in [0.1, 0.15) is 5.56 Å². The number of carbonyl (C=O) groups excluding carboxylic acids is 1. The molecule has 2 heterocycles. The average molecular weight is 482 g/mol. The fourth-order valence-corrected chi connectivity index (χ4v) is 6.49. The Bertz CT molecular complexity index is 1360. The van der Waals surface area contributed by atoms with Crippen LogP contribution in [0.4, 0.5) is 0 Å². The van der Waals surface area contributed by atoms with Crippen LogP contribution in [0.5, 0.6) is 0 Å². The normalized spacial score (nSPS) is 19.3. The number of hydrogen-bond acceptors (Lipinski definition) is 4. The van der Waals surface area contributed by atoms with E-state index >= 15 is 0 Å². The summed E-state index contributed by atoms with van der Waals surface area (Å²) in [5.74, 6) is 0.0670. The number of hydrogen-bond donors (Lipinski definition) is 1. The van der Waals surface area contributed by atoms with Crippen molar-refractivity contribution >= 4 is 26.8 Å². The minimum absolute atomic E-state index is 0.0000426. The lowest BCUT2D eigenvalue weighted by Gasteiger charge is -2.34. The molecule has 0 radical (unpaired) electrons. The summed E-state index contributed by atoms with van der Waals surface area (Å²) in [5, 5.41) is 3.03. The van der Waals surface area contributed by atoms with Crippen molar-refractivity contribution in [2.24, 2.45) is 11.8 Å². The topological polar surface area (TPSA) is 88.5 Å². The molecular weight excluding hydrogens is 450 g/mol. The summed E-state index contributed by atoms with van der Waals surface area (Å²) in [6.07, 6.45) is 2.54.